The van der Waals surface area contributed by atoms with E-state index in [9.17, 15) is 0 Å². The largest absolute Gasteiger partial charge is 0.374 e. The Morgan fingerprint density at radius 3 is 2.28 bits per heavy atom. The van der Waals surface area contributed by atoms with Crippen LogP contribution in [0.3, 0.4) is 0 Å². The Labute approximate surface area is 179 Å². The summed E-state index contributed by atoms with van der Waals surface area (Å²) in [5, 5.41) is 0. The lowest BCUT2D eigenvalue weighted by atomic mass is 9.64. The molecule has 2 aliphatic heterocycles. The van der Waals surface area contributed by atoms with Crippen LogP contribution < -0.4 is 4.90 Å². The van der Waals surface area contributed by atoms with Crippen LogP contribution in [0.5, 0.6) is 0 Å². The van der Waals surface area contributed by atoms with E-state index in [1.807, 2.05) is 0 Å². The second kappa shape index (κ2) is 8.58. The Bertz CT molecular complexity index is 768. The molecule has 2 nitrogen and oxygen atoms in total. The van der Waals surface area contributed by atoms with Crippen LogP contribution in [-0.2, 0) is 0 Å². The molecule has 2 atom stereocenters. The van der Waals surface area contributed by atoms with Gasteiger partial charge in [0.15, 0.2) is 0 Å². The van der Waals surface area contributed by atoms with Gasteiger partial charge in [-0.2, -0.15) is 0 Å². The predicted molar refractivity (Wildman–Crippen MR) is 127 cm³/mol. The Kier molecular flexibility index (Phi) is 6.51. The van der Waals surface area contributed by atoms with Crippen molar-refractivity contribution in [2.45, 2.75) is 60.3 Å². The van der Waals surface area contributed by atoms with E-state index in [2.05, 4.69) is 102 Å². The van der Waals surface area contributed by atoms with Gasteiger partial charge in [-0.25, -0.2) is 0 Å². The number of hydrogen-bond donors (Lipinski definition) is 0. The quantitative estimate of drug-likeness (QED) is 0.550. The van der Waals surface area contributed by atoms with Crippen molar-refractivity contribution in [3.05, 3.63) is 53.3 Å². The number of anilines is 1. The minimum absolute atomic E-state index is 0.376. The Morgan fingerprint density at radius 1 is 0.931 bits per heavy atom. The first kappa shape index (κ1) is 22.0. The second-order valence-corrected chi connectivity index (χ2v) is 10.5. The zero-order valence-electron chi connectivity index (χ0n) is 20.0. The van der Waals surface area contributed by atoms with Crippen LogP contribution in [-0.4, -0.2) is 32.1 Å². The third-order valence-corrected chi connectivity index (χ3v) is 7.56. The molecular formula is C27H42N2. The number of rotatable bonds is 2. The monoisotopic (exact) mass is 394 g/mol. The zero-order chi connectivity index (χ0) is 21.3. The summed E-state index contributed by atoms with van der Waals surface area (Å²) >= 11 is 0. The minimum Gasteiger partial charge on any atom is -0.374 e. The third kappa shape index (κ3) is 4.27. The molecule has 2 heterocycles. The van der Waals surface area contributed by atoms with Crippen LogP contribution in [0.1, 0.15) is 65.9 Å². The van der Waals surface area contributed by atoms with Gasteiger partial charge >= 0.3 is 0 Å². The van der Waals surface area contributed by atoms with Crippen LogP contribution in [0, 0.1) is 23.2 Å². The van der Waals surface area contributed by atoms with Crippen LogP contribution in [0.4, 0.5) is 5.69 Å². The van der Waals surface area contributed by atoms with E-state index >= 15 is 0 Å². The van der Waals surface area contributed by atoms with Gasteiger partial charge < -0.3 is 9.80 Å². The van der Waals surface area contributed by atoms with Gasteiger partial charge in [-0.3, -0.25) is 0 Å². The zero-order valence-corrected chi connectivity index (χ0v) is 20.0. The van der Waals surface area contributed by atoms with Gasteiger partial charge in [-0.1, -0.05) is 65.8 Å². The van der Waals surface area contributed by atoms with Gasteiger partial charge in [0.05, 0.1) is 0 Å². The van der Waals surface area contributed by atoms with Crippen molar-refractivity contribution in [3.63, 3.8) is 0 Å². The normalized spacial score (nSPS) is 25.2. The summed E-state index contributed by atoms with van der Waals surface area (Å²) in [7, 11) is 4.43. The van der Waals surface area contributed by atoms with Crippen molar-refractivity contribution in [3.8, 4) is 0 Å². The van der Waals surface area contributed by atoms with Crippen LogP contribution in [0.25, 0.3) is 0 Å². The molecule has 0 aromatic heterocycles. The molecule has 3 aliphatic rings. The molecule has 0 spiro atoms. The van der Waals surface area contributed by atoms with Gasteiger partial charge in [0.25, 0.3) is 0 Å². The minimum atomic E-state index is 0.376. The molecule has 0 radical (unpaired) electrons. The molecule has 160 valence electrons. The first-order chi connectivity index (χ1) is 13.6. The molecule has 0 bridgehead atoms. The van der Waals surface area contributed by atoms with Crippen molar-refractivity contribution >= 4 is 5.69 Å². The van der Waals surface area contributed by atoms with Crippen LogP contribution in [0.2, 0.25) is 0 Å². The number of para-hydroxylation sites is 1. The lowest BCUT2D eigenvalue weighted by molar-refractivity contribution is 0.122. The average molecular weight is 395 g/mol. The van der Waals surface area contributed by atoms with Gasteiger partial charge in [-0.15, -0.1) is 0 Å². The molecule has 29 heavy (non-hydrogen) atoms. The summed E-state index contributed by atoms with van der Waals surface area (Å²) in [4.78, 5) is 4.82. The van der Waals surface area contributed by atoms with E-state index in [0.717, 1.165) is 23.7 Å². The van der Waals surface area contributed by atoms with Gasteiger partial charge in [0.2, 0.25) is 0 Å². The van der Waals surface area contributed by atoms with Crippen LogP contribution in [0.15, 0.2) is 47.7 Å². The molecular weight excluding hydrogens is 352 g/mol. The van der Waals surface area contributed by atoms with Gasteiger partial charge in [0, 0.05) is 44.5 Å². The number of likely N-dealkylation sites (N-methyl/N-ethyl adjacent to an activating group) is 2. The molecule has 0 saturated heterocycles. The average Bonchev–Trinajstić information content (AvgIpc) is 3.03. The Morgan fingerprint density at radius 2 is 1.62 bits per heavy atom. The van der Waals surface area contributed by atoms with Crippen molar-refractivity contribution < 1.29 is 0 Å². The fraction of sp³-hybridized carbons (Fsp3) is 0.630. The van der Waals surface area contributed by atoms with Crippen molar-refractivity contribution in [2.75, 3.05) is 32.1 Å². The lowest BCUT2D eigenvalue weighted by Crippen LogP contribution is -2.44. The van der Waals surface area contributed by atoms with Gasteiger partial charge in [0.1, 0.15) is 0 Å². The number of hydrogen-bond acceptors (Lipinski definition) is 2. The molecule has 0 amide bonds. The maximum Gasteiger partial charge on any atom is 0.0399 e. The van der Waals surface area contributed by atoms with E-state index in [0.29, 0.717) is 5.41 Å². The number of benzene rings is 1. The van der Waals surface area contributed by atoms with Crippen molar-refractivity contribution in [2.24, 2.45) is 23.2 Å². The topological polar surface area (TPSA) is 6.48 Å². The number of allylic oxidation sites excluding steroid dienone is 3. The van der Waals surface area contributed by atoms with E-state index in [1.165, 1.54) is 42.9 Å². The molecule has 1 aromatic rings. The molecule has 2 heteroatoms. The van der Waals surface area contributed by atoms with Gasteiger partial charge in [-0.05, 0) is 59.3 Å². The first-order valence-electron chi connectivity index (χ1n) is 11.6. The maximum absolute atomic E-state index is 2.46. The SMILES string of the molecule is CC(C)C1CN(C)C2=C(CCC=C2)C1(C)C.CC(C)C1CN(C)c2ccccc21. The van der Waals surface area contributed by atoms with E-state index in [1.54, 1.807) is 5.57 Å². The fourth-order valence-corrected chi connectivity index (χ4v) is 5.76. The summed E-state index contributed by atoms with van der Waals surface area (Å²) in [5.41, 5.74) is 6.50. The summed E-state index contributed by atoms with van der Waals surface area (Å²) < 4.78 is 0. The highest BCUT2D eigenvalue weighted by Gasteiger charge is 2.41. The first-order valence-corrected chi connectivity index (χ1v) is 11.6. The van der Waals surface area contributed by atoms with E-state index in [-0.39, 0.29) is 0 Å². The maximum atomic E-state index is 2.46. The summed E-state index contributed by atoms with van der Waals surface area (Å²) in [6.07, 6.45) is 7.13. The summed E-state index contributed by atoms with van der Waals surface area (Å²) in [5.74, 6) is 3.01. The lowest BCUT2D eigenvalue weighted by Gasteiger charge is -2.48. The van der Waals surface area contributed by atoms with E-state index < -0.39 is 0 Å². The highest BCUT2D eigenvalue weighted by Crippen LogP contribution is 2.48. The van der Waals surface area contributed by atoms with Crippen LogP contribution >= 0.6 is 0 Å². The Hall–Kier alpha value is -1.70. The predicted octanol–water partition coefficient (Wildman–Crippen LogP) is 6.71. The molecule has 2 unspecified atom stereocenters. The highest BCUT2D eigenvalue weighted by atomic mass is 15.1. The summed E-state index contributed by atoms with van der Waals surface area (Å²) in [6, 6.07) is 8.76. The standard InChI is InChI=1S/C15H25N.C12H17N/c1-11(2)13-10-16(5)14-9-7-6-8-12(14)15(13,3)4;1-9(2)11-8-13(3)12-7-5-4-6-10(11)12/h7,9,11,13H,6,8,10H2,1-5H3;4-7,9,11H,8H2,1-3H3. The number of fused-ring (bicyclic) bond motifs is 1. The molecule has 0 N–H and O–H groups in total. The smallest absolute Gasteiger partial charge is 0.0399 e. The molecule has 1 aromatic carbocycles. The summed E-state index contributed by atoms with van der Waals surface area (Å²) in [6.45, 7) is 16.6. The van der Waals surface area contributed by atoms with Crippen molar-refractivity contribution in [1.82, 2.24) is 4.90 Å². The Balaban J connectivity index is 0.000000169. The second-order valence-electron chi connectivity index (χ2n) is 10.5. The molecule has 0 fully saturated rings. The fourth-order valence-electron chi connectivity index (χ4n) is 5.76. The molecule has 1 aliphatic carbocycles. The highest BCUT2D eigenvalue weighted by molar-refractivity contribution is 5.59. The number of nitrogens with zero attached hydrogens (tertiary/aromatic N) is 2. The molecule has 0 saturated carbocycles. The van der Waals surface area contributed by atoms with E-state index in [4.69, 9.17) is 0 Å². The third-order valence-electron chi connectivity index (χ3n) is 7.56. The van der Waals surface area contributed by atoms with Crippen molar-refractivity contribution in [1.29, 1.82) is 0 Å². The molecule has 4 rings (SSSR count).